The number of phenolic OH excluding ortho intramolecular Hbond substituents is 1. The molecule has 1 aromatic rings. The third-order valence-electron chi connectivity index (χ3n) is 3.93. The van der Waals surface area contributed by atoms with Crippen LogP contribution >= 0.6 is 0 Å². The van der Waals surface area contributed by atoms with Crippen LogP contribution in [-0.2, 0) is 0 Å². The molecule has 2 rings (SSSR count). The molecule has 0 bridgehead atoms. The molecule has 0 amide bonds. The Morgan fingerprint density at radius 2 is 1.94 bits per heavy atom. The van der Waals surface area contributed by atoms with Crippen LogP contribution in [0.2, 0.25) is 0 Å². The van der Waals surface area contributed by atoms with Crippen molar-refractivity contribution in [2.45, 2.75) is 32.7 Å². The molecule has 1 aliphatic heterocycles. The minimum Gasteiger partial charge on any atom is -0.508 e. The molecule has 2 N–H and O–H groups in total. The zero-order chi connectivity index (χ0) is 13.1. The molecule has 0 radical (unpaired) electrons. The number of hydrogen-bond acceptors (Lipinski definition) is 3. The van der Waals surface area contributed by atoms with Crippen molar-refractivity contribution >= 4 is 0 Å². The number of hydrogen-bond donors (Lipinski definition) is 2. The number of aromatic hydroxyl groups is 1. The summed E-state index contributed by atoms with van der Waals surface area (Å²) in [5.41, 5.74) is 2.34. The first-order valence-corrected chi connectivity index (χ1v) is 6.78. The van der Waals surface area contributed by atoms with Crippen molar-refractivity contribution in [3.05, 3.63) is 29.3 Å². The van der Waals surface area contributed by atoms with Gasteiger partial charge < -0.3 is 10.2 Å². The lowest BCUT2D eigenvalue weighted by Crippen LogP contribution is -2.32. The van der Waals surface area contributed by atoms with Crippen molar-refractivity contribution in [3.63, 3.8) is 0 Å². The van der Waals surface area contributed by atoms with Crippen LogP contribution in [0, 0.1) is 12.8 Å². The van der Waals surface area contributed by atoms with Crippen LogP contribution in [0.25, 0.3) is 0 Å². The molecule has 1 fully saturated rings. The van der Waals surface area contributed by atoms with Crippen molar-refractivity contribution in [2.24, 2.45) is 5.92 Å². The smallest absolute Gasteiger partial charge is 0.115 e. The van der Waals surface area contributed by atoms with E-state index in [2.05, 4.69) is 11.8 Å². The van der Waals surface area contributed by atoms with Gasteiger partial charge in [0.2, 0.25) is 0 Å². The number of benzene rings is 1. The summed E-state index contributed by atoms with van der Waals surface area (Å²) in [6.07, 6.45) is 2.48. The maximum Gasteiger partial charge on any atom is 0.115 e. The van der Waals surface area contributed by atoms with Gasteiger partial charge >= 0.3 is 0 Å². The van der Waals surface area contributed by atoms with E-state index in [0.717, 1.165) is 18.7 Å². The van der Waals surface area contributed by atoms with E-state index in [1.807, 2.05) is 19.1 Å². The number of phenols is 1. The Labute approximate surface area is 109 Å². The average Bonchev–Trinajstić information content (AvgIpc) is 2.85. The minimum atomic E-state index is 0.196. The summed E-state index contributed by atoms with van der Waals surface area (Å²) in [6.45, 7) is 6.53. The summed E-state index contributed by atoms with van der Waals surface area (Å²) < 4.78 is 0. The second kappa shape index (κ2) is 5.72. The van der Waals surface area contributed by atoms with Gasteiger partial charge in [0, 0.05) is 12.6 Å². The van der Waals surface area contributed by atoms with Crippen molar-refractivity contribution < 1.29 is 10.2 Å². The van der Waals surface area contributed by atoms with Gasteiger partial charge in [-0.1, -0.05) is 13.0 Å². The van der Waals surface area contributed by atoms with E-state index in [9.17, 15) is 10.2 Å². The molecule has 100 valence electrons. The van der Waals surface area contributed by atoms with Crippen molar-refractivity contribution in [1.82, 2.24) is 4.90 Å². The molecule has 1 saturated heterocycles. The summed E-state index contributed by atoms with van der Waals surface area (Å²) in [5.74, 6) is 0.527. The molecule has 0 saturated carbocycles. The Morgan fingerprint density at radius 3 is 2.50 bits per heavy atom. The molecular formula is C15H23NO2. The second-order valence-electron chi connectivity index (χ2n) is 5.39. The zero-order valence-corrected chi connectivity index (χ0v) is 11.3. The van der Waals surface area contributed by atoms with Gasteiger partial charge in [0.15, 0.2) is 0 Å². The molecule has 18 heavy (non-hydrogen) atoms. The van der Waals surface area contributed by atoms with Crippen LogP contribution in [0.15, 0.2) is 18.2 Å². The molecular weight excluding hydrogens is 226 g/mol. The molecule has 1 heterocycles. The van der Waals surface area contributed by atoms with E-state index in [0.29, 0.717) is 5.75 Å². The summed E-state index contributed by atoms with van der Waals surface area (Å²) >= 11 is 0. The van der Waals surface area contributed by atoms with E-state index >= 15 is 0 Å². The molecule has 2 unspecified atom stereocenters. The number of nitrogens with zero attached hydrogens (tertiary/aromatic N) is 1. The largest absolute Gasteiger partial charge is 0.508 e. The van der Waals surface area contributed by atoms with Crippen molar-refractivity contribution in [3.8, 4) is 5.75 Å². The van der Waals surface area contributed by atoms with E-state index < -0.39 is 0 Å². The Bertz CT molecular complexity index is 399. The van der Waals surface area contributed by atoms with E-state index in [1.54, 1.807) is 6.07 Å². The van der Waals surface area contributed by atoms with Gasteiger partial charge in [0.05, 0.1) is 0 Å². The first-order chi connectivity index (χ1) is 8.63. The predicted octanol–water partition coefficient (Wildman–Crippen LogP) is 2.47. The zero-order valence-electron chi connectivity index (χ0n) is 11.3. The minimum absolute atomic E-state index is 0.196. The fourth-order valence-electron chi connectivity index (χ4n) is 2.97. The quantitative estimate of drug-likeness (QED) is 0.861. The van der Waals surface area contributed by atoms with Crippen LogP contribution < -0.4 is 0 Å². The Balaban J connectivity index is 2.32. The molecule has 1 aromatic carbocycles. The second-order valence-corrected chi connectivity index (χ2v) is 5.39. The van der Waals surface area contributed by atoms with Crippen LogP contribution in [0.4, 0.5) is 0 Å². The highest BCUT2D eigenvalue weighted by atomic mass is 16.3. The average molecular weight is 249 g/mol. The van der Waals surface area contributed by atoms with Gasteiger partial charge in [-0.25, -0.2) is 0 Å². The Hall–Kier alpha value is -1.06. The molecule has 0 spiro atoms. The highest BCUT2D eigenvalue weighted by Gasteiger charge is 2.28. The fraction of sp³-hybridized carbons (Fsp3) is 0.600. The van der Waals surface area contributed by atoms with Crippen LogP contribution in [0.1, 0.15) is 36.9 Å². The van der Waals surface area contributed by atoms with Gasteiger partial charge in [-0.2, -0.15) is 0 Å². The number of aryl methyl sites for hydroxylation is 1. The third kappa shape index (κ3) is 2.68. The van der Waals surface area contributed by atoms with Crippen molar-refractivity contribution in [2.75, 3.05) is 19.7 Å². The van der Waals surface area contributed by atoms with E-state index in [4.69, 9.17) is 0 Å². The first-order valence-electron chi connectivity index (χ1n) is 6.78. The fourth-order valence-corrected chi connectivity index (χ4v) is 2.97. The summed E-state index contributed by atoms with van der Waals surface area (Å²) in [5, 5.41) is 19.0. The summed E-state index contributed by atoms with van der Waals surface area (Å²) in [6, 6.07) is 5.82. The number of aliphatic hydroxyl groups excluding tert-OH is 1. The SMILES string of the molecule is Cc1cc(O)ccc1C(C(C)CO)N1CCCC1. The van der Waals surface area contributed by atoms with Gasteiger partial charge in [-0.05, 0) is 62.0 Å². The topological polar surface area (TPSA) is 43.7 Å². The van der Waals surface area contributed by atoms with Gasteiger partial charge in [-0.3, -0.25) is 4.90 Å². The standard InChI is InChI=1S/C15H23NO2/c1-11-9-13(18)5-6-14(11)15(12(2)10-17)16-7-3-4-8-16/h5-6,9,12,15,17-18H,3-4,7-8,10H2,1-2H3. The Morgan fingerprint density at radius 1 is 1.28 bits per heavy atom. The molecule has 3 heteroatoms. The van der Waals surface area contributed by atoms with Gasteiger partial charge in [0.25, 0.3) is 0 Å². The lowest BCUT2D eigenvalue weighted by molar-refractivity contribution is 0.125. The molecule has 0 aromatic heterocycles. The van der Waals surface area contributed by atoms with E-state index in [1.165, 1.54) is 18.4 Å². The molecule has 3 nitrogen and oxygen atoms in total. The van der Waals surface area contributed by atoms with Crippen LogP contribution in [0.5, 0.6) is 5.75 Å². The number of likely N-dealkylation sites (tertiary alicyclic amines) is 1. The molecule has 0 aliphatic carbocycles. The maximum absolute atomic E-state index is 9.52. The van der Waals surface area contributed by atoms with Crippen LogP contribution in [-0.4, -0.2) is 34.8 Å². The lowest BCUT2D eigenvalue weighted by Gasteiger charge is -2.33. The first kappa shape index (κ1) is 13.4. The summed E-state index contributed by atoms with van der Waals surface area (Å²) in [4.78, 5) is 2.46. The Kier molecular flexibility index (Phi) is 4.25. The molecule has 2 atom stereocenters. The van der Waals surface area contributed by atoms with Crippen molar-refractivity contribution in [1.29, 1.82) is 0 Å². The predicted molar refractivity (Wildman–Crippen MR) is 72.6 cm³/mol. The lowest BCUT2D eigenvalue weighted by atomic mass is 9.90. The third-order valence-corrected chi connectivity index (χ3v) is 3.93. The van der Waals surface area contributed by atoms with Gasteiger partial charge in [-0.15, -0.1) is 0 Å². The highest BCUT2D eigenvalue weighted by Crippen LogP contribution is 2.34. The summed E-state index contributed by atoms with van der Waals surface area (Å²) in [7, 11) is 0. The maximum atomic E-state index is 9.52. The molecule has 1 aliphatic rings. The van der Waals surface area contributed by atoms with Gasteiger partial charge in [0.1, 0.15) is 5.75 Å². The monoisotopic (exact) mass is 249 g/mol. The highest BCUT2D eigenvalue weighted by molar-refractivity contribution is 5.36. The normalized spacial score (nSPS) is 19.9. The number of aliphatic hydroxyl groups is 1. The van der Waals surface area contributed by atoms with E-state index in [-0.39, 0.29) is 18.6 Å². The van der Waals surface area contributed by atoms with Crippen LogP contribution in [0.3, 0.4) is 0 Å². The number of rotatable bonds is 4.